The minimum atomic E-state index is -0.216. The van der Waals surface area contributed by atoms with Crippen LogP contribution in [0, 0.1) is 13.8 Å². The van der Waals surface area contributed by atoms with Gasteiger partial charge in [-0.1, -0.05) is 17.7 Å². The van der Waals surface area contributed by atoms with E-state index in [0.29, 0.717) is 5.56 Å². The Kier molecular flexibility index (Phi) is 4.89. The fourth-order valence-electron chi connectivity index (χ4n) is 1.70. The highest BCUT2D eigenvalue weighted by Crippen LogP contribution is 2.09. The summed E-state index contributed by atoms with van der Waals surface area (Å²) < 4.78 is 0. The molecule has 0 fully saturated rings. The summed E-state index contributed by atoms with van der Waals surface area (Å²) in [6.07, 6.45) is 0. The maximum Gasteiger partial charge on any atom is 0.251 e. The van der Waals surface area contributed by atoms with Crippen molar-refractivity contribution in [1.29, 1.82) is 0 Å². The van der Waals surface area contributed by atoms with Crippen molar-refractivity contribution in [3.05, 3.63) is 34.9 Å². The van der Waals surface area contributed by atoms with Crippen molar-refractivity contribution in [2.24, 2.45) is 0 Å². The Bertz CT molecular complexity index is 453. The van der Waals surface area contributed by atoms with Crippen molar-refractivity contribution in [2.75, 3.05) is 6.54 Å². The number of nitrogens with one attached hydrogen (secondary N) is 2. The molecular weight excluding hydrogens is 228 g/mol. The summed E-state index contributed by atoms with van der Waals surface area (Å²) in [5.74, 6) is -0.394. The first-order valence-corrected chi connectivity index (χ1v) is 6.05. The number of carbonyl (C=O) groups is 2. The summed E-state index contributed by atoms with van der Waals surface area (Å²) in [5.41, 5.74) is 2.64. The van der Waals surface area contributed by atoms with Crippen molar-refractivity contribution in [3.8, 4) is 0 Å². The van der Waals surface area contributed by atoms with Gasteiger partial charge in [-0.2, -0.15) is 0 Å². The van der Waals surface area contributed by atoms with Crippen molar-refractivity contribution in [3.63, 3.8) is 0 Å². The summed E-state index contributed by atoms with van der Waals surface area (Å²) in [6.45, 7) is 7.62. The minimum Gasteiger partial charge on any atom is -0.352 e. The largest absolute Gasteiger partial charge is 0.352 e. The lowest BCUT2D eigenvalue weighted by Crippen LogP contribution is -2.39. The van der Waals surface area contributed by atoms with Gasteiger partial charge in [-0.3, -0.25) is 9.59 Å². The summed E-state index contributed by atoms with van der Waals surface area (Å²) in [6, 6.07) is 5.69. The maximum atomic E-state index is 11.9. The van der Waals surface area contributed by atoms with Crippen LogP contribution in [-0.4, -0.2) is 24.4 Å². The first-order chi connectivity index (χ1) is 8.40. The summed E-state index contributed by atoms with van der Waals surface area (Å²) in [7, 11) is 0. The Morgan fingerprint density at radius 3 is 2.44 bits per heavy atom. The Morgan fingerprint density at radius 2 is 1.89 bits per heavy atom. The second-order valence-electron chi connectivity index (χ2n) is 4.72. The first kappa shape index (κ1) is 14.2. The number of hydrogen-bond acceptors (Lipinski definition) is 2. The van der Waals surface area contributed by atoms with Crippen LogP contribution in [0.5, 0.6) is 0 Å². The average Bonchev–Trinajstić information content (AvgIpc) is 2.25. The van der Waals surface area contributed by atoms with Crippen molar-refractivity contribution >= 4 is 11.8 Å². The molecule has 1 aromatic rings. The summed E-state index contributed by atoms with van der Waals surface area (Å²) >= 11 is 0. The molecule has 4 nitrogen and oxygen atoms in total. The molecule has 0 aliphatic rings. The number of benzene rings is 1. The van der Waals surface area contributed by atoms with E-state index in [1.165, 1.54) is 0 Å². The quantitative estimate of drug-likeness (QED) is 0.849. The predicted molar refractivity (Wildman–Crippen MR) is 71.5 cm³/mol. The fraction of sp³-hybridized carbons (Fsp3) is 0.429. The molecule has 2 N–H and O–H groups in total. The first-order valence-electron chi connectivity index (χ1n) is 6.05. The normalized spacial score (nSPS) is 10.3. The van der Waals surface area contributed by atoms with E-state index in [4.69, 9.17) is 0 Å². The van der Waals surface area contributed by atoms with Gasteiger partial charge in [0.05, 0.1) is 6.54 Å². The van der Waals surface area contributed by atoms with E-state index in [0.717, 1.165) is 11.1 Å². The molecule has 0 bridgehead atoms. The predicted octanol–water partition coefficient (Wildman–Crippen LogP) is 1.56. The van der Waals surface area contributed by atoms with Crippen LogP contribution in [0.4, 0.5) is 0 Å². The Balaban J connectivity index is 2.58. The van der Waals surface area contributed by atoms with Crippen LogP contribution in [0.3, 0.4) is 0 Å². The molecule has 0 aromatic heterocycles. The molecule has 0 aliphatic carbocycles. The Morgan fingerprint density at radius 1 is 1.22 bits per heavy atom. The van der Waals surface area contributed by atoms with E-state index in [1.54, 1.807) is 6.07 Å². The van der Waals surface area contributed by atoms with Crippen LogP contribution >= 0.6 is 0 Å². The van der Waals surface area contributed by atoms with Crippen molar-refractivity contribution in [2.45, 2.75) is 33.7 Å². The van der Waals surface area contributed by atoms with E-state index < -0.39 is 0 Å². The third-order valence-electron chi connectivity index (χ3n) is 2.49. The molecule has 0 saturated carbocycles. The number of amides is 2. The number of aryl methyl sites for hydroxylation is 2. The zero-order valence-electron chi connectivity index (χ0n) is 11.3. The van der Waals surface area contributed by atoms with Gasteiger partial charge in [-0.15, -0.1) is 0 Å². The van der Waals surface area contributed by atoms with E-state index >= 15 is 0 Å². The second kappa shape index (κ2) is 6.19. The maximum absolute atomic E-state index is 11.9. The van der Waals surface area contributed by atoms with Crippen LogP contribution in [0.25, 0.3) is 0 Å². The van der Waals surface area contributed by atoms with Crippen LogP contribution in [-0.2, 0) is 4.79 Å². The third kappa shape index (κ3) is 4.20. The Hall–Kier alpha value is -1.84. The summed E-state index contributed by atoms with van der Waals surface area (Å²) in [5, 5.41) is 5.33. The monoisotopic (exact) mass is 248 g/mol. The van der Waals surface area contributed by atoms with Crippen molar-refractivity contribution in [1.82, 2.24) is 10.6 Å². The molecule has 0 unspecified atom stereocenters. The molecule has 0 radical (unpaired) electrons. The smallest absolute Gasteiger partial charge is 0.251 e. The molecule has 0 saturated heterocycles. The average molecular weight is 248 g/mol. The third-order valence-corrected chi connectivity index (χ3v) is 2.49. The Labute approximate surface area is 108 Å². The lowest BCUT2D eigenvalue weighted by atomic mass is 10.1. The topological polar surface area (TPSA) is 58.2 Å². The zero-order chi connectivity index (χ0) is 13.7. The molecule has 2 amide bonds. The highest BCUT2D eigenvalue weighted by atomic mass is 16.2. The van der Waals surface area contributed by atoms with Gasteiger partial charge in [-0.05, 0) is 39.3 Å². The highest BCUT2D eigenvalue weighted by molar-refractivity contribution is 5.97. The van der Waals surface area contributed by atoms with Gasteiger partial charge in [-0.25, -0.2) is 0 Å². The molecule has 4 heteroatoms. The molecule has 0 spiro atoms. The molecule has 1 rings (SSSR count). The zero-order valence-corrected chi connectivity index (χ0v) is 11.3. The van der Waals surface area contributed by atoms with Gasteiger partial charge >= 0.3 is 0 Å². The molecule has 0 aliphatic heterocycles. The van der Waals surface area contributed by atoms with Gasteiger partial charge in [0.1, 0.15) is 0 Å². The number of rotatable bonds is 4. The number of hydrogen-bond donors (Lipinski definition) is 2. The summed E-state index contributed by atoms with van der Waals surface area (Å²) in [4.78, 5) is 23.3. The van der Waals surface area contributed by atoms with Gasteiger partial charge in [0.15, 0.2) is 0 Å². The lowest BCUT2D eigenvalue weighted by molar-refractivity contribution is -0.120. The van der Waals surface area contributed by atoms with Crippen LogP contribution in [0.1, 0.15) is 35.3 Å². The molecule has 18 heavy (non-hydrogen) atoms. The number of carbonyl (C=O) groups excluding carboxylic acids is 2. The van der Waals surface area contributed by atoms with Gasteiger partial charge in [0.2, 0.25) is 5.91 Å². The van der Waals surface area contributed by atoms with Crippen LogP contribution in [0.15, 0.2) is 18.2 Å². The SMILES string of the molecule is Cc1ccc(C(=O)NCC(=O)NC(C)C)c(C)c1. The standard InChI is InChI=1S/C14H20N2O2/c1-9(2)16-13(17)8-15-14(18)12-6-5-10(3)7-11(12)4/h5-7,9H,8H2,1-4H3,(H,15,18)(H,16,17). The molecule has 0 atom stereocenters. The van der Waals surface area contributed by atoms with Crippen LogP contribution < -0.4 is 10.6 Å². The van der Waals surface area contributed by atoms with Gasteiger partial charge < -0.3 is 10.6 Å². The minimum absolute atomic E-state index is 0.00430. The van der Waals surface area contributed by atoms with Gasteiger partial charge in [0.25, 0.3) is 5.91 Å². The second-order valence-corrected chi connectivity index (χ2v) is 4.72. The fourth-order valence-corrected chi connectivity index (χ4v) is 1.70. The van der Waals surface area contributed by atoms with E-state index in [1.807, 2.05) is 39.8 Å². The molecule has 98 valence electrons. The van der Waals surface area contributed by atoms with E-state index in [-0.39, 0.29) is 24.4 Å². The molecular formula is C14H20N2O2. The van der Waals surface area contributed by atoms with Gasteiger partial charge in [0, 0.05) is 11.6 Å². The molecule has 1 aromatic carbocycles. The lowest BCUT2D eigenvalue weighted by Gasteiger charge is -2.10. The molecule has 0 heterocycles. The highest BCUT2D eigenvalue weighted by Gasteiger charge is 2.10. The van der Waals surface area contributed by atoms with Crippen molar-refractivity contribution < 1.29 is 9.59 Å². The van der Waals surface area contributed by atoms with E-state index in [2.05, 4.69) is 10.6 Å². The van der Waals surface area contributed by atoms with E-state index in [9.17, 15) is 9.59 Å². The van der Waals surface area contributed by atoms with Crippen LogP contribution in [0.2, 0.25) is 0 Å².